The van der Waals surface area contributed by atoms with Gasteiger partial charge < -0.3 is 19.5 Å². The Kier molecular flexibility index (Phi) is 5.49. The second kappa shape index (κ2) is 7.64. The van der Waals surface area contributed by atoms with Crippen molar-refractivity contribution >= 4 is 5.69 Å². The van der Waals surface area contributed by atoms with Gasteiger partial charge in [0.05, 0.1) is 6.61 Å². The highest BCUT2D eigenvalue weighted by Gasteiger charge is 2.45. The van der Waals surface area contributed by atoms with Crippen molar-refractivity contribution in [3.05, 3.63) is 59.4 Å². The van der Waals surface area contributed by atoms with E-state index >= 15 is 0 Å². The summed E-state index contributed by atoms with van der Waals surface area (Å²) >= 11 is 0. The smallest absolute Gasteiger partial charge is 0.132 e. The molecule has 0 spiro atoms. The molecule has 0 amide bonds. The summed E-state index contributed by atoms with van der Waals surface area (Å²) < 4.78 is 31.3. The van der Waals surface area contributed by atoms with Gasteiger partial charge in [0.1, 0.15) is 29.4 Å². The van der Waals surface area contributed by atoms with Crippen LogP contribution in [-0.2, 0) is 16.1 Å². The number of nitrogens with one attached hydrogen (secondary N) is 1. The van der Waals surface area contributed by atoms with E-state index in [4.69, 9.17) is 14.2 Å². The first-order valence-corrected chi connectivity index (χ1v) is 8.90. The molecule has 1 heterocycles. The van der Waals surface area contributed by atoms with Crippen molar-refractivity contribution in [3.8, 4) is 5.75 Å². The molecule has 2 aromatic carbocycles. The van der Waals surface area contributed by atoms with Gasteiger partial charge >= 0.3 is 0 Å². The Labute approximate surface area is 154 Å². The minimum absolute atomic E-state index is 0.255. The standard InChI is InChI=1S/C21H26FNO3/c1-5-23-16-10-11-18-17(12-16)19(24-4)20(21(2,3)26-18)25-13-14-6-8-15(22)9-7-14/h6-12,19-20,23H,5,13H2,1-4H3. The molecule has 0 saturated heterocycles. The summed E-state index contributed by atoms with van der Waals surface area (Å²) in [5, 5.41) is 3.31. The second-order valence-corrected chi connectivity index (χ2v) is 7.00. The van der Waals surface area contributed by atoms with Crippen LogP contribution < -0.4 is 10.1 Å². The minimum Gasteiger partial charge on any atom is -0.485 e. The van der Waals surface area contributed by atoms with Gasteiger partial charge in [0.2, 0.25) is 0 Å². The molecule has 3 rings (SSSR count). The molecular weight excluding hydrogens is 333 g/mol. The molecule has 1 aliphatic heterocycles. The van der Waals surface area contributed by atoms with Gasteiger partial charge in [-0.15, -0.1) is 0 Å². The van der Waals surface area contributed by atoms with Crippen molar-refractivity contribution in [1.29, 1.82) is 0 Å². The van der Waals surface area contributed by atoms with E-state index in [9.17, 15) is 4.39 Å². The first-order chi connectivity index (χ1) is 12.4. The number of anilines is 1. The van der Waals surface area contributed by atoms with Crippen molar-refractivity contribution in [2.45, 2.75) is 45.2 Å². The van der Waals surface area contributed by atoms with E-state index in [0.717, 1.165) is 29.1 Å². The van der Waals surface area contributed by atoms with Gasteiger partial charge in [0.25, 0.3) is 0 Å². The van der Waals surface area contributed by atoms with E-state index in [1.54, 1.807) is 19.2 Å². The predicted molar refractivity (Wildman–Crippen MR) is 100 cm³/mol. The van der Waals surface area contributed by atoms with Gasteiger partial charge in [-0.25, -0.2) is 4.39 Å². The molecule has 5 heteroatoms. The fraction of sp³-hybridized carbons (Fsp3) is 0.429. The van der Waals surface area contributed by atoms with Crippen molar-refractivity contribution in [2.24, 2.45) is 0 Å². The van der Waals surface area contributed by atoms with Crippen LogP contribution in [0.25, 0.3) is 0 Å². The van der Waals surface area contributed by atoms with Crippen LogP contribution in [-0.4, -0.2) is 25.4 Å². The van der Waals surface area contributed by atoms with Gasteiger partial charge in [-0.05, 0) is 56.7 Å². The monoisotopic (exact) mass is 359 g/mol. The fourth-order valence-electron chi connectivity index (χ4n) is 3.35. The van der Waals surface area contributed by atoms with E-state index in [1.807, 2.05) is 26.0 Å². The summed E-state index contributed by atoms with van der Waals surface area (Å²) in [4.78, 5) is 0. The molecule has 0 aliphatic carbocycles. The summed E-state index contributed by atoms with van der Waals surface area (Å²) in [6, 6.07) is 12.4. The average molecular weight is 359 g/mol. The fourth-order valence-corrected chi connectivity index (χ4v) is 3.35. The topological polar surface area (TPSA) is 39.7 Å². The number of hydrogen-bond donors (Lipinski definition) is 1. The third kappa shape index (κ3) is 3.84. The highest BCUT2D eigenvalue weighted by Crippen LogP contribution is 2.44. The van der Waals surface area contributed by atoms with Crippen LogP contribution in [0.4, 0.5) is 10.1 Å². The van der Waals surface area contributed by atoms with E-state index in [0.29, 0.717) is 6.61 Å². The lowest BCUT2D eigenvalue weighted by molar-refractivity contribution is -0.159. The molecule has 26 heavy (non-hydrogen) atoms. The van der Waals surface area contributed by atoms with Crippen molar-refractivity contribution in [3.63, 3.8) is 0 Å². The molecule has 2 aromatic rings. The van der Waals surface area contributed by atoms with Crippen LogP contribution in [0.5, 0.6) is 5.75 Å². The van der Waals surface area contributed by atoms with Crippen LogP contribution in [0.2, 0.25) is 0 Å². The number of methoxy groups -OCH3 is 1. The van der Waals surface area contributed by atoms with Gasteiger partial charge in [0.15, 0.2) is 0 Å². The van der Waals surface area contributed by atoms with Crippen molar-refractivity contribution in [2.75, 3.05) is 19.0 Å². The molecule has 1 N–H and O–H groups in total. The maximum absolute atomic E-state index is 13.1. The van der Waals surface area contributed by atoms with Gasteiger partial charge in [-0.3, -0.25) is 0 Å². The van der Waals surface area contributed by atoms with Crippen LogP contribution in [0.1, 0.15) is 38.0 Å². The zero-order chi connectivity index (χ0) is 18.7. The maximum Gasteiger partial charge on any atom is 0.132 e. The highest BCUT2D eigenvalue weighted by molar-refractivity contribution is 5.53. The largest absolute Gasteiger partial charge is 0.485 e. The van der Waals surface area contributed by atoms with Crippen LogP contribution in [0.15, 0.2) is 42.5 Å². The SMILES string of the molecule is CCNc1ccc2c(c1)C(OC)C(OCc1ccc(F)cc1)C(C)(C)O2. The Morgan fingerprint density at radius 2 is 1.88 bits per heavy atom. The maximum atomic E-state index is 13.1. The molecule has 0 fully saturated rings. The normalized spacial score (nSPS) is 21.0. The number of benzene rings is 2. The molecular formula is C21H26FNO3. The molecule has 4 nitrogen and oxygen atoms in total. The third-order valence-corrected chi connectivity index (χ3v) is 4.63. The first-order valence-electron chi connectivity index (χ1n) is 8.90. The van der Waals surface area contributed by atoms with E-state index in [2.05, 4.69) is 18.3 Å². The highest BCUT2D eigenvalue weighted by atomic mass is 19.1. The molecule has 0 aromatic heterocycles. The zero-order valence-electron chi connectivity index (χ0n) is 15.7. The molecule has 0 radical (unpaired) electrons. The van der Waals surface area contributed by atoms with Crippen LogP contribution in [0.3, 0.4) is 0 Å². The van der Waals surface area contributed by atoms with Crippen molar-refractivity contribution in [1.82, 2.24) is 0 Å². The molecule has 1 aliphatic rings. The minimum atomic E-state index is -0.562. The van der Waals surface area contributed by atoms with Crippen molar-refractivity contribution < 1.29 is 18.6 Å². The molecule has 0 saturated carbocycles. The second-order valence-electron chi connectivity index (χ2n) is 7.00. The van der Waals surface area contributed by atoms with E-state index < -0.39 is 5.60 Å². The molecule has 2 atom stereocenters. The van der Waals surface area contributed by atoms with Gasteiger partial charge in [-0.1, -0.05) is 12.1 Å². The van der Waals surface area contributed by atoms with E-state index in [1.165, 1.54) is 12.1 Å². The van der Waals surface area contributed by atoms with Gasteiger partial charge in [-0.2, -0.15) is 0 Å². The number of hydrogen-bond acceptors (Lipinski definition) is 4. The Morgan fingerprint density at radius 3 is 2.54 bits per heavy atom. The summed E-state index contributed by atoms with van der Waals surface area (Å²) in [6.45, 7) is 7.25. The lowest BCUT2D eigenvalue weighted by atomic mass is 9.88. The number of halogens is 1. The quantitative estimate of drug-likeness (QED) is 0.811. The Balaban J connectivity index is 1.85. The molecule has 140 valence electrons. The first kappa shape index (κ1) is 18.7. The lowest BCUT2D eigenvalue weighted by Crippen LogP contribution is -2.50. The zero-order valence-corrected chi connectivity index (χ0v) is 15.7. The summed E-state index contributed by atoms with van der Waals surface area (Å²) in [6.07, 6.45) is -0.560. The van der Waals surface area contributed by atoms with E-state index in [-0.39, 0.29) is 18.0 Å². The molecule has 0 bridgehead atoms. The third-order valence-electron chi connectivity index (χ3n) is 4.63. The number of rotatable bonds is 6. The summed E-state index contributed by atoms with van der Waals surface area (Å²) in [5.41, 5.74) is 2.33. The van der Waals surface area contributed by atoms with Crippen LogP contribution in [0, 0.1) is 5.82 Å². The van der Waals surface area contributed by atoms with Gasteiger partial charge in [0, 0.05) is 24.9 Å². The predicted octanol–water partition coefficient (Wildman–Crippen LogP) is 4.70. The summed E-state index contributed by atoms with van der Waals surface area (Å²) in [7, 11) is 1.68. The molecule has 2 unspecified atom stereocenters. The van der Waals surface area contributed by atoms with Crippen LogP contribution >= 0.6 is 0 Å². The lowest BCUT2D eigenvalue weighted by Gasteiger charge is -2.44. The Bertz CT molecular complexity index is 745. The Hall–Kier alpha value is -2.11. The average Bonchev–Trinajstić information content (AvgIpc) is 2.61. The Morgan fingerprint density at radius 1 is 1.15 bits per heavy atom. The number of ether oxygens (including phenoxy) is 3. The number of fused-ring (bicyclic) bond motifs is 1. The summed E-state index contributed by atoms with van der Waals surface area (Å²) in [5.74, 6) is 0.555.